The molecule has 0 aliphatic heterocycles. The summed E-state index contributed by atoms with van der Waals surface area (Å²) >= 11 is 0. The molecule has 1 atom stereocenters. The summed E-state index contributed by atoms with van der Waals surface area (Å²) < 4.78 is 19.8. The Bertz CT molecular complexity index is 429. The Balaban J connectivity index is 2.19. The molecule has 1 N–H and O–H groups in total. The number of benzene rings is 1. The van der Waals surface area contributed by atoms with E-state index in [0.717, 1.165) is 37.1 Å². The third-order valence-electron chi connectivity index (χ3n) is 3.80. The normalized spacial score (nSPS) is 17.1. The van der Waals surface area contributed by atoms with Gasteiger partial charge >= 0.3 is 0 Å². The first-order valence-electron chi connectivity index (χ1n) is 7.32. The Morgan fingerprint density at radius 1 is 1.42 bits per heavy atom. The van der Waals surface area contributed by atoms with Gasteiger partial charge in [0.15, 0.2) is 0 Å². The lowest BCUT2D eigenvalue weighted by atomic mass is 9.95. The van der Waals surface area contributed by atoms with Crippen LogP contribution in [0.1, 0.15) is 56.7 Å². The summed E-state index contributed by atoms with van der Waals surface area (Å²) in [6, 6.07) is 3.58. The molecule has 2 nitrogen and oxygen atoms in total. The first-order valence-corrected chi connectivity index (χ1v) is 7.32. The Morgan fingerprint density at radius 3 is 2.74 bits per heavy atom. The van der Waals surface area contributed by atoms with Crippen molar-refractivity contribution < 1.29 is 9.13 Å². The number of ether oxygens (including phenoxy) is 1. The van der Waals surface area contributed by atoms with Gasteiger partial charge in [0, 0.05) is 11.6 Å². The smallest absolute Gasteiger partial charge is 0.126 e. The molecule has 0 spiro atoms. The van der Waals surface area contributed by atoms with Crippen LogP contribution >= 0.6 is 0 Å². The molecule has 1 fully saturated rings. The molecule has 0 amide bonds. The third kappa shape index (κ3) is 3.47. The Morgan fingerprint density at radius 2 is 2.16 bits per heavy atom. The SMILES string of the molecule is CCCNC(C)c1cc(F)c(C)cc1OC1CCC1. The molecule has 19 heavy (non-hydrogen) atoms. The first kappa shape index (κ1) is 14.3. The van der Waals surface area contributed by atoms with Crippen molar-refractivity contribution in [1.29, 1.82) is 0 Å². The highest BCUT2D eigenvalue weighted by atomic mass is 19.1. The van der Waals surface area contributed by atoms with Crippen molar-refractivity contribution in [3.8, 4) is 5.75 Å². The van der Waals surface area contributed by atoms with Gasteiger partial charge in [-0.15, -0.1) is 0 Å². The van der Waals surface area contributed by atoms with Gasteiger partial charge in [-0.2, -0.15) is 0 Å². The minimum absolute atomic E-state index is 0.116. The van der Waals surface area contributed by atoms with Crippen LogP contribution in [-0.2, 0) is 0 Å². The number of rotatable bonds is 6. The van der Waals surface area contributed by atoms with Crippen molar-refractivity contribution in [2.75, 3.05) is 6.54 Å². The van der Waals surface area contributed by atoms with Crippen molar-refractivity contribution in [3.05, 3.63) is 29.1 Å². The van der Waals surface area contributed by atoms with E-state index in [-0.39, 0.29) is 11.9 Å². The molecule has 106 valence electrons. The molecule has 1 aliphatic carbocycles. The van der Waals surface area contributed by atoms with Crippen molar-refractivity contribution in [3.63, 3.8) is 0 Å². The minimum atomic E-state index is -0.152. The van der Waals surface area contributed by atoms with Gasteiger partial charge < -0.3 is 10.1 Å². The largest absolute Gasteiger partial charge is 0.490 e. The molecule has 0 heterocycles. The monoisotopic (exact) mass is 265 g/mol. The quantitative estimate of drug-likeness (QED) is 0.835. The maximum absolute atomic E-state index is 13.8. The van der Waals surface area contributed by atoms with Gasteiger partial charge in [0.05, 0.1) is 6.10 Å². The molecular weight excluding hydrogens is 241 g/mol. The predicted molar refractivity (Wildman–Crippen MR) is 76.1 cm³/mol. The van der Waals surface area contributed by atoms with Gasteiger partial charge in [-0.05, 0) is 63.8 Å². The van der Waals surface area contributed by atoms with Crippen LogP contribution in [-0.4, -0.2) is 12.6 Å². The van der Waals surface area contributed by atoms with E-state index in [4.69, 9.17) is 4.74 Å². The lowest BCUT2D eigenvalue weighted by Crippen LogP contribution is -2.26. The van der Waals surface area contributed by atoms with Gasteiger partial charge in [0.1, 0.15) is 11.6 Å². The molecule has 0 radical (unpaired) electrons. The number of aryl methyl sites for hydroxylation is 1. The zero-order valence-corrected chi connectivity index (χ0v) is 12.1. The molecule has 0 bridgehead atoms. The lowest BCUT2D eigenvalue weighted by molar-refractivity contribution is 0.118. The minimum Gasteiger partial charge on any atom is -0.490 e. The maximum atomic E-state index is 13.8. The number of hydrogen-bond donors (Lipinski definition) is 1. The van der Waals surface area contributed by atoms with Gasteiger partial charge in [-0.25, -0.2) is 4.39 Å². The second-order valence-corrected chi connectivity index (χ2v) is 5.49. The zero-order valence-electron chi connectivity index (χ0n) is 12.1. The second-order valence-electron chi connectivity index (χ2n) is 5.49. The fourth-order valence-electron chi connectivity index (χ4n) is 2.25. The Labute approximate surface area is 115 Å². The summed E-state index contributed by atoms with van der Waals surface area (Å²) in [5, 5.41) is 3.40. The average molecular weight is 265 g/mol. The van der Waals surface area contributed by atoms with E-state index >= 15 is 0 Å². The molecule has 2 rings (SSSR count). The van der Waals surface area contributed by atoms with Gasteiger partial charge in [-0.1, -0.05) is 6.92 Å². The van der Waals surface area contributed by atoms with Crippen molar-refractivity contribution in [1.82, 2.24) is 5.32 Å². The van der Waals surface area contributed by atoms with Crippen molar-refractivity contribution in [2.45, 2.75) is 58.6 Å². The molecule has 0 saturated heterocycles. The van der Waals surface area contributed by atoms with Gasteiger partial charge in [-0.3, -0.25) is 0 Å². The van der Waals surface area contributed by atoms with Crippen LogP contribution < -0.4 is 10.1 Å². The van der Waals surface area contributed by atoms with Crippen LogP contribution in [0.2, 0.25) is 0 Å². The van der Waals surface area contributed by atoms with Gasteiger partial charge in [0.25, 0.3) is 0 Å². The Hall–Kier alpha value is -1.09. The molecule has 1 aromatic carbocycles. The summed E-state index contributed by atoms with van der Waals surface area (Å²) in [4.78, 5) is 0. The fraction of sp³-hybridized carbons (Fsp3) is 0.625. The van der Waals surface area contributed by atoms with Crippen LogP contribution in [0.25, 0.3) is 0 Å². The van der Waals surface area contributed by atoms with E-state index in [9.17, 15) is 4.39 Å². The van der Waals surface area contributed by atoms with E-state index in [1.165, 1.54) is 6.42 Å². The zero-order chi connectivity index (χ0) is 13.8. The van der Waals surface area contributed by atoms with Crippen LogP contribution in [0.15, 0.2) is 12.1 Å². The maximum Gasteiger partial charge on any atom is 0.126 e. The van der Waals surface area contributed by atoms with Crippen LogP contribution in [0, 0.1) is 12.7 Å². The average Bonchev–Trinajstić information content (AvgIpc) is 2.34. The predicted octanol–water partition coefficient (Wildman–Crippen LogP) is 4.13. The molecule has 1 aromatic rings. The highest BCUT2D eigenvalue weighted by Crippen LogP contribution is 2.32. The van der Waals surface area contributed by atoms with E-state index in [2.05, 4.69) is 19.2 Å². The van der Waals surface area contributed by atoms with E-state index in [0.29, 0.717) is 11.7 Å². The molecule has 3 heteroatoms. The van der Waals surface area contributed by atoms with E-state index in [1.807, 2.05) is 6.07 Å². The standard InChI is InChI=1S/C16H24FNO/c1-4-8-18-12(3)14-10-15(17)11(2)9-16(14)19-13-6-5-7-13/h9-10,12-13,18H,4-8H2,1-3H3. The third-order valence-corrected chi connectivity index (χ3v) is 3.80. The van der Waals surface area contributed by atoms with Crippen LogP contribution in [0.3, 0.4) is 0 Å². The molecule has 1 aliphatic rings. The molecule has 0 aromatic heterocycles. The first-order chi connectivity index (χ1) is 9.11. The topological polar surface area (TPSA) is 21.3 Å². The lowest BCUT2D eigenvalue weighted by Gasteiger charge is -2.29. The van der Waals surface area contributed by atoms with E-state index in [1.54, 1.807) is 13.0 Å². The summed E-state index contributed by atoms with van der Waals surface area (Å²) in [6.07, 6.45) is 4.86. The van der Waals surface area contributed by atoms with Crippen LogP contribution in [0.4, 0.5) is 4.39 Å². The Kier molecular flexibility index (Phi) is 4.81. The van der Waals surface area contributed by atoms with Crippen molar-refractivity contribution >= 4 is 0 Å². The number of halogens is 1. The van der Waals surface area contributed by atoms with Crippen molar-refractivity contribution in [2.24, 2.45) is 0 Å². The summed E-state index contributed by atoms with van der Waals surface area (Å²) in [7, 11) is 0. The van der Waals surface area contributed by atoms with Crippen LogP contribution in [0.5, 0.6) is 5.75 Å². The molecule has 1 saturated carbocycles. The fourth-order valence-corrected chi connectivity index (χ4v) is 2.25. The number of hydrogen-bond acceptors (Lipinski definition) is 2. The highest BCUT2D eigenvalue weighted by Gasteiger charge is 2.22. The molecular formula is C16H24FNO. The summed E-state index contributed by atoms with van der Waals surface area (Å²) in [6.45, 7) is 6.91. The summed E-state index contributed by atoms with van der Waals surface area (Å²) in [5.41, 5.74) is 1.59. The number of nitrogens with one attached hydrogen (secondary N) is 1. The van der Waals surface area contributed by atoms with Gasteiger partial charge in [0.2, 0.25) is 0 Å². The summed E-state index contributed by atoms with van der Waals surface area (Å²) in [5.74, 6) is 0.695. The second kappa shape index (κ2) is 6.38. The van der Waals surface area contributed by atoms with E-state index < -0.39 is 0 Å². The molecule has 1 unspecified atom stereocenters. The highest BCUT2D eigenvalue weighted by molar-refractivity contribution is 5.40.